The lowest BCUT2D eigenvalue weighted by molar-refractivity contribution is -0.139. The van der Waals surface area contributed by atoms with Gasteiger partial charge in [-0.05, 0) is 59.3 Å². The Bertz CT molecular complexity index is 1730. The number of hydrogen-bond acceptors (Lipinski definition) is 6. The molecule has 10 heteroatoms. The molecule has 0 atom stereocenters. The van der Waals surface area contributed by atoms with Crippen molar-refractivity contribution in [3.8, 4) is 5.75 Å². The molecule has 4 aromatic carbocycles. The summed E-state index contributed by atoms with van der Waals surface area (Å²) in [6, 6.07) is 21.5. The third-order valence-electron chi connectivity index (χ3n) is 5.97. The zero-order valence-corrected chi connectivity index (χ0v) is 21.4. The first-order valence-corrected chi connectivity index (χ1v) is 13.1. The zero-order chi connectivity index (χ0) is 27.0. The number of carbonyl (C=O) groups excluding carboxylic acids is 2. The van der Waals surface area contributed by atoms with Crippen molar-refractivity contribution >= 4 is 49.9 Å². The molecule has 0 N–H and O–H groups in total. The van der Waals surface area contributed by atoms with E-state index < -0.39 is 39.1 Å². The van der Waals surface area contributed by atoms with Crippen LogP contribution in [0.3, 0.4) is 0 Å². The molecular formula is C28H19ClFNO6S. The molecular weight excluding hydrogens is 533 g/mol. The second-order valence-corrected chi connectivity index (χ2v) is 10.8. The number of nitrogens with zero attached hydrogens (tertiary/aromatic N) is 1. The van der Waals surface area contributed by atoms with E-state index in [0.717, 1.165) is 36.0 Å². The van der Waals surface area contributed by atoms with Crippen LogP contribution in [0, 0.1) is 5.82 Å². The van der Waals surface area contributed by atoms with Crippen molar-refractivity contribution < 1.29 is 31.9 Å². The van der Waals surface area contributed by atoms with Gasteiger partial charge in [0.05, 0.1) is 0 Å². The van der Waals surface area contributed by atoms with Gasteiger partial charge in [-0.2, -0.15) is 0 Å². The number of Topliss-reactive ketones (excluding diaryl/α,β-unsaturated/α-hetero) is 1. The molecule has 0 saturated heterocycles. The van der Waals surface area contributed by atoms with Crippen LogP contribution in [0.25, 0.3) is 16.5 Å². The van der Waals surface area contributed by atoms with Crippen molar-refractivity contribution in [2.45, 2.75) is 4.90 Å². The minimum atomic E-state index is -4.34. The average molecular weight is 552 g/mol. The number of benzene rings is 4. The van der Waals surface area contributed by atoms with Crippen molar-refractivity contribution in [2.75, 3.05) is 13.7 Å². The summed E-state index contributed by atoms with van der Waals surface area (Å²) in [5.74, 6) is -2.37. The fraction of sp³-hybridized carbons (Fsp3) is 0.0714. The molecule has 0 amide bonds. The Kier molecular flexibility index (Phi) is 6.64. The van der Waals surface area contributed by atoms with Gasteiger partial charge in [-0.25, -0.2) is 17.6 Å². The second kappa shape index (κ2) is 9.92. The first kappa shape index (κ1) is 25.4. The molecule has 0 saturated carbocycles. The third-order valence-corrected chi connectivity index (χ3v) is 8.02. The molecule has 0 bridgehead atoms. The minimum absolute atomic E-state index is 0.117. The molecule has 0 aromatic heterocycles. The van der Waals surface area contributed by atoms with Crippen LogP contribution in [0.2, 0.25) is 5.02 Å². The van der Waals surface area contributed by atoms with E-state index in [-0.39, 0.29) is 22.6 Å². The van der Waals surface area contributed by atoms with Crippen LogP contribution < -0.4 is 4.74 Å². The molecule has 7 nitrogen and oxygen atoms in total. The minimum Gasteiger partial charge on any atom is -0.482 e. The average Bonchev–Trinajstić information content (AvgIpc) is 2.91. The maximum atomic E-state index is 14.1. The molecule has 1 aliphatic rings. The van der Waals surface area contributed by atoms with Gasteiger partial charge in [-0.3, -0.25) is 9.10 Å². The van der Waals surface area contributed by atoms with Gasteiger partial charge in [0.15, 0.2) is 12.4 Å². The van der Waals surface area contributed by atoms with Gasteiger partial charge in [0, 0.05) is 23.2 Å². The predicted octanol–water partition coefficient (Wildman–Crippen LogP) is 5.44. The maximum absolute atomic E-state index is 14.1. The van der Waals surface area contributed by atoms with Crippen LogP contribution >= 0.6 is 11.6 Å². The topological polar surface area (TPSA) is 90.0 Å². The van der Waals surface area contributed by atoms with E-state index in [9.17, 15) is 22.4 Å². The second-order valence-electron chi connectivity index (χ2n) is 8.40. The van der Waals surface area contributed by atoms with Crippen LogP contribution in [0.15, 0.2) is 95.5 Å². The van der Waals surface area contributed by atoms with Crippen molar-refractivity contribution in [2.24, 2.45) is 0 Å². The van der Waals surface area contributed by atoms with Crippen LogP contribution in [-0.4, -0.2) is 38.1 Å². The molecule has 1 aliphatic heterocycles. The van der Waals surface area contributed by atoms with Gasteiger partial charge in [-0.15, -0.1) is 0 Å². The SMILES string of the molecule is CN1C(C(=O)c2ccc3ccccc3c2)=C(OC(=O)COc2ccc(Cl)cc2)c2ccc(F)cc2S1(=O)=O. The quantitative estimate of drug-likeness (QED) is 0.234. The van der Waals surface area contributed by atoms with Gasteiger partial charge < -0.3 is 9.47 Å². The standard InChI is InChI=1S/C28H19ClFNO6S/c1-31-26(27(33)19-7-6-17-4-2-3-5-18(17)14-19)28(23-13-10-21(30)15-24(23)38(31,34)35)37-25(32)16-36-22-11-8-20(29)9-12-22/h2-15H,16H2,1H3. The van der Waals surface area contributed by atoms with Crippen LogP contribution in [0.5, 0.6) is 5.75 Å². The summed E-state index contributed by atoms with van der Waals surface area (Å²) in [6.45, 7) is -0.546. The number of rotatable bonds is 6. The monoisotopic (exact) mass is 551 g/mol. The molecule has 0 spiro atoms. The Hall–Kier alpha value is -4.21. The first-order chi connectivity index (χ1) is 18.1. The Balaban J connectivity index is 1.58. The predicted molar refractivity (Wildman–Crippen MR) is 140 cm³/mol. The molecule has 0 unspecified atom stereocenters. The van der Waals surface area contributed by atoms with Gasteiger partial charge in [0.25, 0.3) is 10.0 Å². The highest BCUT2D eigenvalue weighted by Crippen LogP contribution is 2.38. The Labute approximate surface area is 222 Å². The number of ketones is 1. The number of likely N-dealkylation sites (N-methyl/N-ethyl adjacent to an activating group) is 1. The van der Waals surface area contributed by atoms with Crippen LogP contribution in [-0.2, 0) is 19.6 Å². The number of carbonyl (C=O) groups is 2. The molecule has 38 heavy (non-hydrogen) atoms. The van der Waals surface area contributed by atoms with E-state index >= 15 is 0 Å². The van der Waals surface area contributed by atoms with Gasteiger partial charge in [0.1, 0.15) is 22.2 Å². The third kappa shape index (κ3) is 4.73. The van der Waals surface area contributed by atoms with Gasteiger partial charge in [0.2, 0.25) is 5.78 Å². The van der Waals surface area contributed by atoms with E-state index in [0.29, 0.717) is 15.1 Å². The molecule has 0 radical (unpaired) electrons. The summed E-state index contributed by atoms with van der Waals surface area (Å²) in [4.78, 5) is 26.1. The van der Waals surface area contributed by atoms with Crippen LogP contribution in [0.4, 0.5) is 4.39 Å². The summed E-state index contributed by atoms with van der Waals surface area (Å²) in [7, 11) is -3.19. The maximum Gasteiger partial charge on any atom is 0.349 e. The van der Waals surface area contributed by atoms with Crippen molar-refractivity contribution in [3.05, 3.63) is 113 Å². The van der Waals surface area contributed by atoms with Crippen molar-refractivity contribution in [1.29, 1.82) is 0 Å². The molecule has 192 valence electrons. The van der Waals surface area contributed by atoms with E-state index in [2.05, 4.69) is 0 Å². The number of hydrogen-bond donors (Lipinski definition) is 0. The lowest BCUT2D eigenvalue weighted by Crippen LogP contribution is -2.36. The smallest absolute Gasteiger partial charge is 0.349 e. The lowest BCUT2D eigenvalue weighted by Gasteiger charge is -2.30. The van der Waals surface area contributed by atoms with Crippen molar-refractivity contribution in [1.82, 2.24) is 4.31 Å². The van der Waals surface area contributed by atoms with E-state index in [1.165, 1.54) is 0 Å². The highest BCUT2D eigenvalue weighted by molar-refractivity contribution is 7.89. The highest BCUT2D eigenvalue weighted by Gasteiger charge is 2.40. The van der Waals surface area contributed by atoms with Crippen molar-refractivity contribution in [3.63, 3.8) is 0 Å². The number of halogens is 2. The van der Waals surface area contributed by atoms with Gasteiger partial charge >= 0.3 is 5.97 Å². The number of esters is 1. The van der Waals surface area contributed by atoms with Crippen LogP contribution in [0.1, 0.15) is 15.9 Å². The fourth-order valence-electron chi connectivity index (χ4n) is 4.07. The Morgan fingerprint density at radius 3 is 2.37 bits per heavy atom. The molecule has 4 aromatic rings. The number of fused-ring (bicyclic) bond motifs is 2. The normalized spacial score (nSPS) is 14.2. The first-order valence-electron chi connectivity index (χ1n) is 11.3. The Morgan fingerprint density at radius 2 is 1.63 bits per heavy atom. The molecule has 0 aliphatic carbocycles. The van der Waals surface area contributed by atoms with E-state index in [1.807, 2.05) is 24.3 Å². The summed E-state index contributed by atoms with van der Waals surface area (Å²) < 4.78 is 52.3. The summed E-state index contributed by atoms with van der Waals surface area (Å²) in [5.41, 5.74) is -0.329. The molecule has 0 fully saturated rings. The van der Waals surface area contributed by atoms with Gasteiger partial charge in [-0.1, -0.05) is 48.0 Å². The van der Waals surface area contributed by atoms with E-state index in [1.54, 1.807) is 42.5 Å². The largest absolute Gasteiger partial charge is 0.482 e. The summed E-state index contributed by atoms with van der Waals surface area (Å²) in [5, 5.41) is 2.13. The summed E-state index contributed by atoms with van der Waals surface area (Å²) >= 11 is 5.86. The fourth-order valence-corrected chi connectivity index (χ4v) is 5.60. The molecule has 1 heterocycles. The van der Waals surface area contributed by atoms with E-state index in [4.69, 9.17) is 21.1 Å². The highest BCUT2D eigenvalue weighted by atomic mass is 35.5. The molecule has 5 rings (SSSR count). The summed E-state index contributed by atoms with van der Waals surface area (Å²) in [6.07, 6.45) is 0. The Morgan fingerprint density at radius 1 is 0.921 bits per heavy atom. The number of sulfonamides is 1. The number of allylic oxidation sites excluding steroid dienone is 1. The lowest BCUT2D eigenvalue weighted by atomic mass is 10.0. The zero-order valence-electron chi connectivity index (χ0n) is 19.9. The number of ether oxygens (including phenoxy) is 2.